The third-order valence-corrected chi connectivity index (χ3v) is 6.28. The lowest BCUT2D eigenvalue weighted by Crippen LogP contribution is -2.49. The van der Waals surface area contributed by atoms with Gasteiger partial charge in [-0.05, 0) is 16.3 Å². The molecule has 5 N–H and O–H groups in total. The molecule has 0 spiro atoms. The van der Waals surface area contributed by atoms with E-state index >= 15 is 0 Å². The molecule has 3 heterocycles. The third kappa shape index (κ3) is 2.82. The second-order valence-electron chi connectivity index (χ2n) is 7.90. The van der Waals surface area contributed by atoms with Gasteiger partial charge < -0.3 is 25.8 Å². The summed E-state index contributed by atoms with van der Waals surface area (Å²) in [5.41, 5.74) is 6.09. The van der Waals surface area contributed by atoms with Crippen molar-refractivity contribution >= 4 is 27.8 Å². The number of aliphatic hydroxyl groups excluding tert-OH is 3. The minimum absolute atomic E-state index is 0.198. The first-order valence-corrected chi connectivity index (χ1v) is 10.0. The van der Waals surface area contributed by atoms with Crippen molar-refractivity contribution in [2.45, 2.75) is 36.9 Å². The zero-order chi connectivity index (χ0) is 21.8. The summed E-state index contributed by atoms with van der Waals surface area (Å²) < 4.78 is 7.80. The number of aliphatic hydroxyl groups is 3. The number of nitrogens with two attached hydrogens (primary N) is 1. The summed E-state index contributed by atoms with van der Waals surface area (Å²) in [6, 6.07) is 14.0. The zero-order valence-electron chi connectivity index (χ0n) is 16.8. The highest BCUT2D eigenvalue weighted by molar-refractivity contribution is 5.83. The van der Waals surface area contributed by atoms with E-state index in [4.69, 9.17) is 10.5 Å². The lowest BCUT2D eigenvalue weighted by atomic mass is 9.84. The Hall–Kier alpha value is -3.11. The molecule has 160 valence electrons. The van der Waals surface area contributed by atoms with Crippen LogP contribution in [0.5, 0.6) is 0 Å². The Morgan fingerprint density at radius 3 is 2.65 bits per heavy atom. The summed E-state index contributed by atoms with van der Waals surface area (Å²) >= 11 is 0. The molecule has 9 nitrogen and oxygen atoms in total. The van der Waals surface area contributed by atoms with Crippen LogP contribution in [0.4, 0.5) is 5.82 Å². The third-order valence-electron chi connectivity index (χ3n) is 6.28. The van der Waals surface area contributed by atoms with Crippen molar-refractivity contribution in [3.05, 3.63) is 60.7 Å². The average molecular weight is 421 g/mol. The predicted octanol–water partition coefficient (Wildman–Crippen LogP) is 1.13. The maximum absolute atomic E-state index is 11.2. The number of hydrogen-bond acceptors (Lipinski definition) is 8. The fraction of sp³-hybridized carbons (Fsp3) is 0.318. The fourth-order valence-electron chi connectivity index (χ4n) is 4.57. The number of benzene rings is 2. The van der Waals surface area contributed by atoms with Gasteiger partial charge in [-0.1, -0.05) is 49.4 Å². The Balaban J connectivity index is 1.73. The highest BCUT2D eigenvalue weighted by atomic mass is 16.6. The summed E-state index contributed by atoms with van der Waals surface area (Å²) in [5, 5.41) is 33.8. The second-order valence-corrected chi connectivity index (χ2v) is 7.90. The van der Waals surface area contributed by atoms with Crippen LogP contribution in [0.15, 0.2) is 55.1 Å². The van der Waals surface area contributed by atoms with Gasteiger partial charge in [0, 0.05) is 5.92 Å². The van der Waals surface area contributed by atoms with Crippen molar-refractivity contribution in [1.29, 1.82) is 0 Å². The van der Waals surface area contributed by atoms with Crippen molar-refractivity contribution in [2.75, 3.05) is 12.3 Å². The molecule has 4 aromatic rings. The molecular formula is C22H23N5O4. The number of nitrogens with zero attached hydrogens (tertiary/aromatic N) is 4. The van der Waals surface area contributed by atoms with Gasteiger partial charge in [-0.2, -0.15) is 0 Å². The minimum Gasteiger partial charge on any atom is -0.394 e. The van der Waals surface area contributed by atoms with Crippen molar-refractivity contribution < 1.29 is 20.1 Å². The van der Waals surface area contributed by atoms with E-state index in [-0.39, 0.29) is 5.82 Å². The number of aromatic nitrogens is 4. The molecule has 1 aliphatic heterocycles. The molecule has 2 aromatic carbocycles. The van der Waals surface area contributed by atoms with Gasteiger partial charge in [0.2, 0.25) is 0 Å². The van der Waals surface area contributed by atoms with Crippen LogP contribution in [0.2, 0.25) is 0 Å². The van der Waals surface area contributed by atoms with Crippen LogP contribution in [0.25, 0.3) is 21.9 Å². The van der Waals surface area contributed by atoms with E-state index < -0.39 is 36.6 Å². The largest absolute Gasteiger partial charge is 0.394 e. The highest BCUT2D eigenvalue weighted by Crippen LogP contribution is 2.47. The minimum atomic E-state index is -1.48. The van der Waals surface area contributed by atoms with E-state index in [0.29, 0.717) is 11.2 Å². The molecule has 1 saturated heterocycles. The Kier molecular flexibility index (Phi) is 4.63. The van der Waals surface area contributed by atoms with Crippen LogP contribution in [0, 0.1) is 0 Å². The SMILES string of the molecule is CC(c1ccc2ccccc2c1)[C@@]1(n2cnc3c(N)ncnc32)O[C@H](CO)[C@@H](O)[C@H]1O. The van der Waals surface area contributed by atoms with Gasteiger partial charge in [0.25, 0.3) is 0 Å². The second kappa shape index (κ2) is 7.24. The van der Waals surface area contributed by atoms with Crippen molar-refractivity contribution in [2.24, 2.45) is 0 Å². The van der Waals surface area contributed by atoms with Crippen molar-refractivity contribution in [3.8, 4) is 0 Å². The summed E-state index contributed by atoms with van der Waals surface area (Å²) in [5.74, 6) is -0.254. The molecule has 1 unspecified atom stereocenters. The first kappa shape index (κ1) is 19.8. The number of ether oxygens (including phenoxy) is 1. The van der Waals surface area contributed by atoms with Gasteiger partial charge in [0.1, 0.15) is 30.2 Å². The molecule has 9 heteroatoms. The molecule has 5 atom stereocenters. The fourth-order valence-corrected chi connectivity index (χ4v) is 4.57. The first-order chi connectivity index (χ1) is 15.0. The molecule has 1 fully saturated rings. The number of hydrogen-bond donors (Lipinski definition) is 4. The molecule has 0 amide bonds. The van der Waals surface area contributed by atoms with E-state index in [1.807, 2.05) is 49.4 Å². The van der Waals surface area contributed by atoms with Gasteiger partial charge in [0.05, 0.1) is 12.9 Å². The smallest absolute Gasteiger partial charge is 0.183 e. The molecule has 31 heavy (non-hydrogen) atoms. The summed E-state index contributed by atoms with van der Waals surface area (Å²) in [4.78, 5) is 12.6. The van der Waals surface area contributed by atoms with E-state index in [2.05, 4.69) is 15.0 Å². The molecule has 0 radical (unpaired) electrons. The molecule has 1 aliphatic rings. The summed E-state index contributed by atoms with van der Waals surface area (Å²) in [6.07, 6.45) is -0.854. The predicted molar refractivity (Wildman–Crippen MR) is 114 cm³/mol. The molecule has 5 rings (SSSR count). The standard InChI is InChI=1S/C22H23N5O4/c1-12(14-7-6-13-4-2-3-5-15(13)8-14)22(19(30)18(29)16(9-28)31-22)27-11-26-17-20(23)24-10-25-21(17)27/h2-8,10-12,16,18-19,28-30H,9H2,1H3,(H2,23,24,25)/t12?,16-,18-,19-,22-/m1/s1. The molecule has 2 aromatic heterocycles. The van der Waals surface area contributed by atoms with Crippen LogP contribution in [-0.4, -0.2) is 59.8 Å². The van der Waals surface area contributed by atoms with Crippen molar-refractivity contribution in [3.63, 3.8) is 0 Å². The normalized spacial score (nSPS) is 27.2. The Labute approximate surface area is 177 Å². The first-order valence-electron chi connectivity index (χ1n) is 10.0. The van der Waals surface area contributed by atoms with Crippen LogP contribution in [0.3, 0.4) is 0 Å². The molecular weight excluding hydrogens is 398 g/mol. The number of fused-ring (bicyclic) bond motifs is 2. The van der Waals surface area contributed by atoms with Crippen LogP contribution < -0.4 is 5.73 Å². The number of imidazole rings is 1. The van der Waals surface area contributed by atoms with Gasteiger partial charge in [-0.15, -0.1) is 0 Å². The summed E-state index contributed by atoms with van der Waals surface area (Å²) in [7, 11) is 0. The summed E-state index contributed by atoms with van der Waals surface area (Å²) in [6.45, 7) is 1.45. The average Bonchev–Trinajstić information content (AvgIpc) is 3.34. The number of anilines is 1. The Morgan fingerprint density at radius 2 is 1.90 bits per heavy atom. The van der Waals surface area contributed by atoms with Gasteiger partial charge >= 0.3 is 0 Å². The lowest BCUT2D eigenvalue weighted by molar-refractivity contribution is -0.159. The topological polar surface area (TPSA) is 140 Å². The molecule has 0 bridgehead atoms. The highest BCUT2D eigenvalue weighted by Gasteiger charge is 2.59. The van der Waals surface area contributed by atoms with E-state index in [9.17, 15) is 15.3 Å². The van der Waals surface area contributed by atoms with Crippen molar-refractivity contribution in [1.82, 2.24) is 19.5 Å². The molecule has 0 saturated carbocycles. The number of rotatable bonds is 4. The maximum Gasteiger partial charge on any atom is 0.183 e. The van der Waals surface area contributed by atoms with Gasteiger partial charge in [-0.3, -0.25) is 4.57 Å². The van der Waals surface area contributed by atoms with Gasteiger partial charge in [0.15, 0.2) is 17.2 Å². The van der Waals surface area contributed by atoms with Crippen LogP contribution in [0.1, 0.15) is 18.4 Å². The van der Waals surface area contributed by atoms with Crippen LogP contribution >= 0.6 is 0 Å². The van der Waals surface area contributed by atoms with E-state index in [1.54, 1.807) is 4.57 Å². The maximum atomic E-state index is 11.2. The quantitative estimate of drug-likeness (QED) is 0.385. The van der Waals surface area contributed by atoms with Gasteiger partial charge in [-0.25, -0.2) is 15.0 Å². The van der Waals surface area contributed by atoms with Crippen LogP contribution in [-0.2, 0) is 10.5 Å². The number of nitrogen functional groups attached to an aromatic ring is 1. The monoisotopic (exact) mass is 421 g/mol. The Morgan fingerprint density at radius 1 is 1.13 bits per heavy atom. The van der Waals surface area contributed by atoms with E-state index in [1.165, 1.54) is 12.7 Å². The zero-order valence-corrected chi connectivity index (χ0v) is 16.8. The lowest BCUT2D eigenvalue weighted by Gasteiger charge is -2.39. The van der Waals surface area contributed by atoms with E-state index in [0.717, 1.165) is 16.3 Å². The molecule has 0 aliphatic carbocycles. The Bertz CT molecular complexity index is 1260.